The first kappa shape index (κ1) is 9.29. The van der Waals surface area contributed by atoms with E-state index in [1.807, 2.05) is 6.07 Å². The highest BCUT2D eigenvalue weighted by Gasteiger charge is 2.07. The Morgan fingerprint density at radius 3 is 2.86 bits per heavy atom. The predicted octanol–water partition coefficient (Wildman–Crippen LogP) is 1.39. The standard InChI is InChI=1S/C8H6BrN3O2/c9-5-1-2-6(10-3-5)8-11-7(4-13)14-12-8/h1-3,13H,4H2. The van der Waals surface area contributed by atoms with Gasteiger partial charge in [-0.1, -0.05) is 5.16 Å². The molecule has 0 spiro atoms. The van der Waals surface area contributed by atoms with Crippen LogP contribution in [0.2, 0.25) is 0 Å². The molecule has 2 heterocycles. The Labute approximate surface area is 87.9 Å². The van der Waals surface area contributed by atoms with Gasteiger partial charge >= 0.3 is 0 Å². The van der Waals surface area contributed by atoms with Gasteiger partial charge in [-0.15, -0.1) is 0 Å². The molecule has 0 unspecified atom stereocenters. The third-order valence-corrected chi connectivity index (χ3v) is 2.03. The average Bonchev–Trinajstić information content (AvgIpc) is 2.67. The van der Waals surface area contributed by atoms with Gasteiger partial charge in [-0.05, 0) is 28.1 Å². The van der Waals surface area contributed by atoms with E-state index in [1.165, 1.54) is 0 Å². The van der Waals surface area contributed by atoms with E-state index in [0.29, 0.717) is 11.5 Å². The minimum Gasteiger partial charge on any atom is -0.387 e. The first-order chi connectivity index (χ1) is 6.79. The maximum absolute atomic E-state index is 8.72. The van der Waals surface area contributed by atoms with Crippen LogP contribution in [0.4, 0.5) is 0 Å². The van der Waals surface area contributed by atoms with Gasteiger partial charge < -0.3 is 9.63 Å². The van der Waals surface area contributed by atoms with Gasteiger partial charge in [0.05, 0.1) is 0 Å². The molecule has 6 heteroatoms. The van der Waals surface area contributed by atoms with Crippen LogP contribution in [-0.2, 0) is 6.61 Å². The van der Waals surface area contributed by atoms with Crippen LogP contribution in [0.3, 0.4) is 0 Å². The monoisotopic (exact) mass is 255 g/mol. The Bertz CT molecular complexity index is 426. The normalized spacial score (nSPS) is 10.4. The highest BCUT2D eigenvalue weighted by atomic mass is 79.9. The molecule has 72 valence electrons. The molecule has 0 aliphatic rings. The maximum atomic E-state index is 8.72. The van der Waals surface area contributed by atoms with Crippen molar-refractivity contribution in [3.63, 3.8) is 0 Å². The van der Waals surface area contributed by atoms with E-state index >= 15 is 0 Å². The highest BCUT2D eigenvalue weighted by molar-refractivity contribution is 9.10. The summed E-state index contributed by atoms with van der Waals surface area (Å²) in [4.78, 5) is 8.01. The number of hydrogen-bond acceptors (Lipinski definition) is 5. The molecule has 0 aliphatic carbocycles. The third kappa shape index (κ3) is 1.80. The molecule has 0 aromatic carbocycles. The molecule has 2 aromatic heterocycles. The first-order valence-corrected chi connectivity index (χ1v) is 4.64. The number of aliphatic hydroxyl groups excluding tert-OH is 1. The van der Waals surface area contributed by atoms with Crippen LogP contribution >= 0.6 is 15.9 Å². The van der Waals surface area contributed by atoms with E-state index in [9.17, 15) is 0 Å². The van der Waals surface area contributed by atoms with Crippen LogP contribution in [0.5, 0.6) is 0 Å². The Balaban J connectivity index is 2.34. The van der Waals surface area contributed by atoms with Crippen LogP contribution in [-0.4, -0.2) is 20.2 Å². The molecule has 0 amide bonds. The van der Waals surface area contributed by atoms with E-state index < -0.39 is 0 Å². The van der Waals surface area contributed by atoms with Crippen LogP contribution in [0.25, 0.3) is 11.5 Å². The molecule has 0 radical (unpaired) electrons. The van der Waals surface area contributed by atoms with Crippen molar-refractivity contribution in [2.75, 3.05) is 0 Å². The topological polar surface area (TPSA) is 72.0 Å². The fourth-order valence-electron chi connectivity index (χ4n) is 0.931. The molecule has 0 bridgehead atoms. The molecule has 0 saturated carbocycles. The summed E-state index contributed by atoms with van der Waals surface area (Å²) in [6, 6.07) is 3.59. The molecular weight excluding hydrogens is 250 g/mol. The lowest BCUT2D eigenvalue weighted by Gasteiger charge is -1.92. The van der Waals surface area contributed by atoms with Gasteiger partial charge in [0.1, 0.15) is 12.3 Å². The summed E-state index contributed by atoms with van der Waals surface area (Å²) in [5.41, 5.74) is 0.608. The molecule has 0 aliphatic heterocycles. The van der Waals surface area contributed by atoms with Crippen LogP contribution in [0, 0.1) is 0 Å². The van der Waals surface area contributed by atoms with E-state index in [1.54, 1.807) is 12.3 Å². The second-order valence-corrected chi connectivity index (χ2v) is 3.45. The van der Waals surface area contributed by atoms with E-state index in [0.717, 1.165) is 4.47 Å². The summed E-state index contributed by atoms with van der Waals surface area (Å²) in [6.45, 7) is -0.260. The van der Waals surface area contributed by atoms with Gasteiger partial charge in [-0.3, -0.25) is 4.98 Å². The number of aliphatic hydroxyl groups is 1. The van der Waals surface area contributed by atoms with E-state index in [2.05, 4.69) is 31.1 Å². The largest absolute Gasteiger partial charge is 0.387 e. The number of pyridine rings is 1. The fraction of sp³-hybridized carbons (Fsp3) is 0.125. The lowest BCUT2D eigenvalue weighted by molar-refractivity contribution is 0.222. The smallest absolute Gasteiger partial charge is 0.252 e. The zero-order chi connectivity index (χ0) is 9.97. The molecule has 2 aromatic rings. The molecule has 2 rings (SSSR count). The SMILES string of the molecule is OCc1nc(-c2ccc(Br)cn2)no1. The van der Waals surface area contributed by atoms with Crippen molar-refractivity contribution in [3.05, 3.63) is 28.7 Å². The van der Waals surface area contributed by atoms with Crippen LogP contribution < -0.4 is 0 Å². The van der Waals surface area contributed by atoms with Gasteiger partial charge in [0.15, 0.2) is 0 Å². The van der Waals surface area contributed by atoms with E-state index in [-0.39, 0.29) is 12.5 Å². The molecule has 0 saturated heterocycles. The van der Waals surface area contributed by atoms with Gasteiger partial charge in [0.25, 0.3) is 5.89 Å². The molecule has 1 N–H and O–H groups in total. The van der Waals surface area contributed by atoms with Crippen LogP contribution in [0.15, 0.2) is 27.3 Å². The van der Waals surface area contributed by atoms with Gasteiger partial charge in [0.2, 0.25) is 5.82 Å². The number of nitrogens with zero attached hydrogens (tertiary/aromatic N) is 3. The van der Waals surface area contributed by atoms with Crippen LogP contribution in [0.1, 0.15) is 5.89 Å². The zero-order valence-electron chi connectivity index (χ0n) is 7.01. The average molecular weight is 256 g/mol. The minimum atomic E-state index is -0.260. The molecule has 0 atom stereocenters. The van der Waals surface area contributed by atoms with Gasteiger partial charge in [-0.25, -0.2) is 0 Å². The first-order valence-electron chi connectivity index (χ1n) is 3.85. The molecular formula is C8H6BrN3O2. The fourth-order valence-corrected chi connectivity index (χ4v) is 1.17. The second-order valence-electron chi connectivity index (χ2n) is 2.53. The van der Waals surface area contributed by atoms with Crippen molar-refractivity contribution < 1.29 is 9.63 Å². The lowest BCUT2D eigenvalue weighted by atomic mass is 10.3. The van der Waals surface area contributed by atoms with Crippen molar-refractivity contribution in [2.24, 2.45) is 0 Å². The summed E-state index contributed by atoms with van der Waals surface area (Å²) in [7, 11) is 0. The van der Waals surface area contributed by atoms with Crippen molar-refractivity contribution in [3.8, 4) is 11.5 Å². The Morgan fingerprint density at radius 1 is 1.43 bits per heavy atom. The number of aromatic nitrogens is 3. The van der Waals surface area contributed by atoms with Crippen molar-refractivity contribution in [2.45, 2.75) is 6.61 Å². The molecule has 14 heavy (non-hydrogen) atoms. The quantitative estimate of drug-likeness (QED) is 0.878. The van der Waals surface area contributed by atoms with Gasteiger partial charge in [-0.2, -0.15) is 4.98 Å². The molecule has 0 fully saturated rings. The van der Waals surface area contributed by atoms with E-state index in [4.69, 9.17) is 9.63 Å². The predicted molar refractivity (Wildman–Crippen MR) is 51.2 cm³/mol. The highest BCUT2D eigenvalue weighted by Crippen LogP contribution is 2.15. The third-order valence-electron chi connectivity index (χ3n) is 1.56. The summed E-state index contributed by atoms with van der Waals surface area (Å²) >= 11 is 3.27. The number of hydrogen-bond donors (Lipinski definition) is 1. The number of rotatable bonds is 2. The Morgan fingerprint density at radius 2 is 2.29 bits per heavy atom. The van der Waals surface area contributed by atoms with Crippen molar-refractivity contribution >= 4 is 15.9 Å². The zero-order valence-corrected chi connectivity index (χ0v) is 8.60. The van der Waals surface area contributed by atoms with Gasteiger partial charge in [0, 0.05) is 10.7 Å². The molecule has 5 nitrogen and oxygen atoms in total. The lowest BCUT2D eigenvalue weighted by Crippen LogP contribution is -1.86. The maximum Gasteiger partial charge on any atom is 0.252 e. The van der Waals surface area contributed by atoms with Crippen molar-refractivity contribution in [1.82, 2.24) is 15.1 Å². The Hall–Kier alpha value is -1.27. The summed E-state index contributed by atoms with van der Waals surface area (Å²) < 4.78 is 5.62. The van der Waals surface area contributed by atoms with Crippen molar-refractivity contribution in [1.29, 1.82) is 0 Å². The second kappa shape index (κ2) is 3.85. The summed E-state index contributed by atoms with van der Waals surface area (Å²) in [6.07, 6.45) is 1.64. The number of halogens is 1. The summed E-state index contributed by atoms with van der Waals surface area (Å²) in [5.74, 6) is 0.561. The minimum absolute atomic E-state index is 0.185. The summed E-state index contributed by atoms with van der Waals surface area (Å²) in [5, 5.41) is 12.4. The Kier molecular flexibility index (Phi) is 2.55.